The summed E-state index contributed by atoms with van der Waals surface area (Å²) in [6.07, 6.45) is 0. The summed E-state index contributed by atoms with van der Waals surface area (Å²) in [5.74, 6) is 0.167. The van der Waals surface area contributed by atoms with E-state index in [4.69, 9.17) is 10.5 Å². The number of carbonyl (C=O) groups is 1. The van der Waals surface area contributed by atoms with Crippen molar-refractivity contribution < 1.29 is 9.53 Å². The number of benzene rings is 1. The van der Waals surface area contributed by atoms with Gasteiger partial charge in [0.1, 0.15) is 11.4 Å². The molecule has 1 heterocycles. The van der Waals surface area contributed by atoms with Crippen LogP contribution in [0.15, 0.2) is 36.4 Å². The van der Waals surface area contributed by atoms with Crippen molar-refractivity contribution in [2.24, 2.45) is 0 Å². The highest BCUT2D eigenvalue weighted by molar-refractivity contribution is 5.90. The van der Waals surface area contributed by atoms with Crippen LogP contribution in [0.1, 0.15) is 36.8 Å². The van der Waals surface area contributed by atoms with Gasteiger partial charge in [-0.25, -0.2) is 9.78 Å². The van der Waals surface area contributed by atoms with Crippen LogP contribution in [-0.4, -0.2) is 16.6 Å². The summed E-state index contributed by atoms with van der Waals surface area (Å²) in [4.78, 5) is 16.1. The third-order valence-electron chi connectivity index (χ3n) is 2.83. The molecular formula is C17H20N2O2. The standard InChI is InChI=1S/C17H20N2O2/c1-11-9-14(10-15(18)19-11)12-5-7-13(8-6-12)16(20)21-17(2,3)4/h5-10H,1-4H3,(H2,18,19). The molecule has 0 bridgehead atoms. The summed E-state index contributed by atoms with van der Waals surface area (Å²) in [7, 11) is 0. The van der Waals surface area contributed by atoms with Gasteiger partial charge in [-0.1, -0.05) is 12.1 Å². The molecule has 0 aliphatic heterocycles. The third kappa shape index (κ3) is 4.05. The Hall–Kier alpha value is -2.36. The zero-order chi connectivity index (χ0) is 15.6. The van der Waals surface area contributed by atoms with Crippen LogP contribution in [0.2, 0.25) is 0 Å². The minimum absolute atomic E-state index is 0.320. The summed E-state index contributed by atoms with van der Waals surface area (Å²) >= 11 is 0. The largest absolute Gasteiger partial charge is 0.456 e. The molecule has 0 aliphatic carbocycles. The van der Waals surface area contributed by atoms with Gasteiger partial charge in [0.05, 0.1) is 5.56 Å². The quantitative estimate of drug-likeness (QED) is 0.856. The SMILES string of the molecule is Cc1cc(-c2ccc(C(=O)OC(C)(C)C)cc2)cc(N)n1. The van der Waals surface area contributed by atoms with E-state index in [1.165, 1.54) is 0 Å². The van der Waals surface area contributed by atoms with Gasteiger partial charge in [0.25, 0.3) is 0 Å². The van der Waals surface area contributed by atoms with Gasteiger partial charge in [-0.3, -0.25) is 0 Å². The second-order valence-electron chi connectivity index (χ2n) is 6.00. The second-order valence-corrected chi connectivity index (χ2v) is 6.00. The van der Waals surface area contributed by atoms with Crippen LogP contribution >= 0.6 is 0 Å². The molecule has 1 aromatic heterocycles. The number of aromatic nitrogens is 1. The Bertz CT molecular complexity index is 635. The van der Waals surface area contributed by atoms with Crippen molar-refractivity contribution in [3.63, 3.8) is 0 Å². The third-order valence-corrected chi connectivity index (χ3v) is 2.83. The summed E-state index contributed by atoms with van der Waals surface area (Å²) in [6, 6.07) is 11.1. The fourth-order valence-electron chi connectivity index (χ4n) is 2.00. The Kier molecular flexibility index (Phi) is 3.98. The van der Waals surface area contributed by atoms with E-state index in [9.17, 15) is 4.79 Å². The van der Waals surface area contributed by atoms with Crippen molar-refractivity contribution in [2.75, 3.05) is 5.73 Å². The Morgan fingerprint density at radius 3 is 2.24 bits per heavy atom. The van der Waals surface area contributed by atoms with E-state index in [0.717, 1.165) is 16.8 Å². The molecule has 2 rings (SSSR count). The number of esters is 1. The number of anilines is 1. The smallest absolute Gasteiger partial charge is 0.338 e. The minimum Gasteiger partial charge on any atom is -0.456 e. The highest BCUT2D eigenvalue weighted by Gasteiger charge is 2.17. The predicted molar refractivity (Wildman–Crippen MR) is 84.0 cm³/mol. The van der Waals surface area contributed by atoms with Gasteiger partial charge in [-0.05, 0) is 63.1 Å². The maximum absolute atomic E-state index is 12.0. The van der Waals surface area contributed by atoms with Crippen molar-refractivity contribution in [1.82, 2.24) is 4.98 Å². The molecule has 4 nitrogen and oxygen atoms in total. The molecule has 110 valence electrons. The number of carbonyl (C=O) groups excluding carboxylic acids is 1. The van der Waals surface area contributed by atoms with E-state index >= 15 is 0 Å². The van der Waals surface area contributed by atoms with Crippen LogP contribution in [0, 0.1) is 6.92 Å². The Morgan fingerprint density at radius 1 is 1.10 bits per heavy atom. The molecule has 0 fully saturated rings. The molecule has 0 amide bonds. The molecule has 0 atom stereocenters. The van der Waals surface area contributed by atoms with Gasteiger partial charge in [0.15, 0.2) is 0 Å². The monoisotopic (exact) mass is 284 g/mol. The molecule has 2 aromatic rings. The zero-order valence-electron chi connectivity index (χ0n) is 12.8. The van der Waals surface area contributed by atoms with Gasteiger partial charge in [-0.15, -0.1) is 0 Å². The second kappa shape index (κ2) is 5.56. The highest BCUT2D eigenvalue weighted by atomic mass is 16.6. The molecule has 0 unspecified atom stereocenters. The van der Waals surface area contributed by atoms with E-state index in [2.05, 4.69) is 4.98 Å². The number of nitrogens with two attached hydrogens (primary N) is 1. The number of hydrogen-bond acceptors (Lipinski definition) is 4. The van der Waals surface area contributed by atoms with Crippen LogP contribution in [0.25, 0.3) is 11.1 Å². The first-order valence-electron chi connectivity index (χ1n) is 6.82. The summed E-state index contributed by atoms with van der Waals surface area (Å²) in [6.45, 7) is 7.44. The van der Waals surface area contributed by atoms with Crippen molar-refractivity contribution in [3.8, 4) is 11.1 Å². The van der Waals surface area contributed by atoms with E-state index < -0.39 is 5.60 Å². The number of nitrogen functional groups attached to an aromatic ring is 1. The summed E-state index contributed by atoms with van der Waals surface area (Å²) in [5, 5.41) is 0. The lowest BCUT2D eigenvalue weighted by Crippen LogP contribution is -2.23. The van der Waals surface area contributed by atoms with Gasteiger partial charge >= 0.3 is 5.97 Å². The number of rotatable bonds is 2. The Morgan fingerprint density at radius 2 is 1.71 bits per heavy atom. The van der Waals surface area contributed by atoms with E-state index in [-0.39, 0.29) is 5.97 Å². The Balaban J connectivity index is 2.24. The Labute approximate surface area is 125 Å². The van der Waals surface area contributed by atoms with E-state index in [0.29, 0.717) is 11.4 Å². The fraction of sp³-hybridized carbons (Fsp3) is 0.294. The van der Waals surface area contributed by atoms with Gasteiger partial charge in [-0.2, -0.15) is 0 Å². The molecule has 4 heteroatoms. The highest BCUT2D eigenvalue weighted by Crippen LogP contribution is 2.23. The average molecular weight is 284 g/mol. The molecule has 0 radical (unpaired) electrons. The lowest BCUT2D eigenvalue weighted by Gasteiger charge is -2.19. The van der Waals surface area contributed by atoms with E-state index in [1.807, 2.05) is 52.0 Å². The van der Waals surface area contributed by atoms with Gasteiger partial charge in [0.2, 0.25) is 0 Å². The van der Waals surface area contributed by atoms with Crippen LogP contribution in [0.5, 0.6) is 0 Å². The molecule has 0 spiro atoms. The van der Waals surface area contributed by atoms with Crippen molar-refractivity contribution in [1.29, 1.82) is 0 Å². The first-order chi connectivity index (χ1) is 9.74. The lowest BCUT2D eigenvalue weighted by molar-refractivity contribution is 0.00696. The predicted octanol–water partition coefficient (Wildman–Crippen LogP) is 3.59. The number of nitrogens with zero attached hydrogens (tertiary/aromatic N) is 1. The average Bonchev–Trinajstić information content (AvgIpc) is 2.35. The fourth-order valence-corrected chi connectivity index (χ4v) is 2.00. The minimum atomic E-state index is -0.494. The first kappa shape index (κ1) is 15.0. The summed E-state index contributed by atoms with van der Waals surface area (Å²) in [5.41, 5.74) is 8.63. The first-order valence-corrected chi connectivity index (χ1v) is 6.82. The summed E-state index contributed by atoms with van der Waals surface area (Å²) < 4.78 is 5.34. The van der Waals surface area contributed by atoms with Crippen LogP contribution in [0.4, 0.5) is 5.82 Å². The molecule has 0 aliphatic rings. The number of pyridine rings is 1. The topological polar surface area (TPSA) is 65.2 Å². The number of ether oxygens (including phenoxy) is 1. The van der Waals surface area contributed by atoms with Gasteiger partial charge < -0.3 is 10.5 Å². The number of aryl methyl sites for hydroxylation is 1. The maximum atomic E-state index is 12.0. The van der Waals surface area contributed by atoms with E-state index in [1.54, 1.807) is 12.1 Å². The number of hydrogen-bond donors (Lipinski definition) is 1. The maximum Gasteiger partial charge on any atom is 0.338 e. The molecule has 0 saturated carbocycles. The molecule has 1 aromatic carbocycles. The van der Waals surface area contributed by atoms with Gasteiger partial charge in [0, 0.05) is 5.69 Å². The normalized spacial score (nSPS) is 11.2. The van der Waals surface area contributed by atoms with Crippen molar-refractivity contribution >= 4 is 11.8 Å². The lowest BCUT2D eigenvalue weighted by atomic mass is 10.0. The van der Waals surface area contributed by atoms with Crippen LogP contribution in [0.3, 0.4) is 0 Å². The van der Waals surface area contributed by atoms with Crippen molar-refractivity contribution in [3.05, 3.63) is 47.7 Å². The van der Waals surface area contributed by atoms with Crippen molar-refractivity contribution in [2.45, 2.75) is 33.3 Å². The van der Waals surface area contributed by atoms with Crippen LogP contribution < -0.4 is 5.73 Å². The van der Waals surface area contributed by atoms with Crippen LogP contribution in [-0.2, 0) is 4.74 Å². The molecule has 0 saturated heterocycles. The molecule has 21 heavy (non-hydrogen) atoms. The molecular weight excluding hydrogens is 264 g/mol. The molecule has 2 N–H and O–H groups in total. The zero-order valence-corrected chi connectivity index (χ0v) is 12.8.